The minimum absolute atomic E-state index is 0.0438. The van der Waals surface area contributed by atoms with Crippen LogP contribution < -0.4 is 27.0 Å². The van der Waals surface area contributed by atoms with Crippen LogP contribution in [-0.2, 0) is 36.5 Å². The Balaban J connectivity index is 0.788. The standard InChI is InChI=1S/C56H74F3N9O8S/c1-32(34-14-16-35(17-15-34)48-33(2)63-31-77-48)64-52(74)42-26-38(69)30-67(42)53(75)50(54(3,4)5)61-24-12-10-8-9-11-13-45(71)62-29-46(72)76-39-21-18-36(19-22-39)65-41-25-37(20-23-40(41)51(60)73)68-43-27-55(6,7)28-44(70)47(43)49(66-68)56(57,58)59/h14-17,20,23,25,31-32,36,38-39,42,50,61,65,69H,8-13,18-19,21-22,24,26-30H2,1-7H3,(H2,60,73)(H,62,71)(H,64,74)/t32-,36?,38+,39?,42-,50+/m0/s1. The number of primary amides is 1. The van der Waals surface area contributed by atoms with E-state index in [1.807, 2.05) is 78.2 Å². The van der Waals surface area contributed by atoms with Crippen LogP contribution in [0.1, 0.15) is 168 Å². The van der Waals surface area contributed by atoms with Crippen LogP contribution in [0, 0.1) is 17.8 Å². The van der Waals surface area contributed by atoms with Crippen molar-refractivity contribution >= 4 is 52.4 Å². The van der Waals surface area contributed by atoms with Gasteiger partial charge in [-0.1, -0.05) is 78.1 Å². The summed E-state index contributed by atoms with van der Waals surface area (Å²) in [6, 6.07) is 10.5. The first-order valence-corrected chi connectivity index (χ1v) is 27.6. The molecule has 2 aliphatic carbocycles. The third kappa shape index (κ3) is 14.9. The summed E-state index contributed by atoms with van der Waals surface area (Å²) < 4.78 is 49.2. The van der Waals surface area contributed by atoms with E-state index in [-0.39, 0.29) is 85.5 Å². The van der Waals surface area contributed by atoms with Gasteiger partial charge in [0.2, 0.25) is 17.7 Å². The van der Waals surface area contributed by atoms with Gasteiger partial charge in [-0.25, -0.2) is 9.67 Å². The van der Waals surface area contributed by atoms with Crippen LogP contribution in [0.25, 0.3) is 16.1 Å². The molecule has 0 unspecified atom stereocenters. The Morgan fingerprint density at radius 3 is 2.30 bits per heavy atom. The summed E-state index contributed by atoms with van der Waals surface area (Å²) in [5, 5.41) is 27.0. The topological polar surface area (TPSA) is 240 Å². The average Bonchev–Trinajstić information content (AvgIpc) is 4.14. The number of halogens is 3. The van der Waals surface area contributed by atoms with Crippen LogP contribution >= 0.6 is 11.3 Å². The van der Waals surface area contributed by atoms with Gasteiger partial charge < -0.3 is 41.7 Å². The highest BCUT2D eigenvalue weighted by atomic mass is 32.1. The van der Waals surface area contributed by atoms with Crippen molar-refractivity contribution in [2.24, 2.45) is 16.6 Å². The van der Waals surface area contributed by atoms with E-state index in [1.54, 1.807) is 11.3 Å². The second-order valence-electron chi connectivity index (χ2n) is 22.8. The molecule has 2 aromatic heterocycles. The van der Waals surface area contributed by atoms with Crippen LogP contribution in [0.4, 0.5) is 18.9 Å². The summed E-state index contributed by atoms with van der Waals surface area (Å²) >= 11 is 1.58. The average molecular weight is 1090 g/mol. The number of β-amino-alcohol motifs (C(OH)–C–C–N with tert-alkyl or cyclic N) is 1. The smallest absolute Gasteiger partial charge is 0.435 e. The molecule has 1 aliphatic heterocycles. The number of carbonyl (C=O) groups is 6. The van der Waals surface area contributed by atoms with Gasteiger partial charge in [-0.3, -0.25) is 28.8 Å². The summed E-state index contributed by atoms with van der Waals surface area (Å²) in [5.74, 6) is -2.72. The van der Waals surface area contributed by atoms with Gasteiger partial charge in [0.25, 0.3) is 5.91 Å². The molecule has 0 spiro atoms. The fourth-order valence-corrected chi connectivity index (χ4v) is 11.5. The van der Waals surface area contributed by atoms with Gasteiger partial charge in [0.15, 0.2) is 11.5 Å². The number of carbonyl (C=O) groups excluding carboxylic acids is 6. The van der Waals surface area contributed by atoms with Gasteiger partial charge in [-0.2, -0.15) is 18.3 Å². The SMILES string of the molecule is Cc1ncsc1-c1ccc([C@H](C)NC(=O)[C@@H]2C[C@@H](O)CN2C(=O)[C@@H](NCCCCCCCC(=O)NCC(=O)OC2CCC(Nc3cc(-n4nc(C(F)(F)F)c5c4CC(C)(C)CC5=O)ccc3C(N)=O)CC2)C(C)(C)C)cc1. The number of aromatic nitrogens is 3. The number of ether oxygens (including phenoxy) is 1. The zero-order valence-corrected chi connectivity index (χ0v) is 45.9. The van der Waals surface area contributed by atoms with Crippen molar-refractivity contribution in [3.63, 3.8) is 0 Å². The number of Topliss-reactive ketones (excluding diaryl/α,β-unsaturated/α-hetero) is 1. The number of unbranched alkanes of at least 4 members (excludes halogenated alkanes) is 4. The monoisotopic (exact) mass is 1090 g/mol. The second kappa shape index (κ2) is 24.6. The van der Waals surface area contributed by atoms with Crippen molar-refractivity contribution in [3.8, 4) is 16.1 Å². The Morgan fingerprint density at radius 1 is 0.961 bits per heavy atom. The van der Waals surface area contributed by atoms with Crippen molar-refractivity contribution < 1.29 is 51.8 Å². The summed E-state index contributed by atoms with van der Waals surface area (Å²) in [5.41, 5.74) is 8.54. The first-order valence-electron chi connectivity index (χ1n) is 26.7. The number of thiazole rings is 1. The minimum atomic E-state index is -4.85. The fraction of sp³-hybridized carbons (Fsp3) is 0.571. The Morgan fingerprint density at radius 2 is 1.65 bits per heavy atom. The Bertz CT molecular complexity index is 2780. The van der Waals surface area contributed by atoms with E-state index >= 15 is 0 Å². The lowest BCUT2D eigenvalue weighted by Crippen LogP contribution is -2.56. The molecule has 4 aromatic rings. The molecule has 7 N–H and O–H groups in total. The van der Waals surface area contributed by atoms with Crippen LogP contribution in [0.3, 0.4) is 0 Å². The number of esters is 1. The van der Waals surface area contributed by atoms with Crippen molar-refractivity contribution in [1.29, 1.82) is 0 Å². The van der Waals surface area contributed by atoms with Gasteiger partial charge >= 0.3 is 12.1 Å². The maximum Gasteiger partial charge on any atom is 0.435 e. The zero-order valence-electron chi connectivity index (χ0n) is 45.1. The number of ketones is 1. The number of fused-ring (bicyclic) bond motifs is 1. The van der Waals surface area contributed by atoms with E-state index in [0.29, 0.717) is 44.3 Å². The molecular formula is C56H74F3N9O8S. The van der Waals surface area contributed by atoms with Crippen LogP contribution in [0.15, 0.2) is 48.0 Å². The lowest BCUT2D eigenvalue weighted by molar-refractivity contribution is -0.150. The summed E-state index contributed by atoms with van der Waals surface area (Å²) in [6.07, 6.45) is 0.440. The number of rotatable bonds is 21. The number of nitrogens with zero attached hydrogens (tertiary/aromatic N) is 4. The molecular weight excluding hydrogens is 1020 g/mol. The Kier molecular flexibility index (Phi) is 18.7. The van der Waals surface area contributed by atoms with E-state index in [1.165, 1.54) is 23.1 Å². The first-order chi connectivity index (χ1) is 36.3. The number of nitrogens with one attached hydrogen (secondary N) is 4. The molecule has 1 saturated carbocycles. The number of aryl methyl sites for hydroxylation is 1. The highest BCUT2D eigenvalue weighted by Crippen LogP contribution is 2.42. The molecule has 2 aromatic carbocycles. The summed E-state index contributed by atoms with van der Waals surface area (Å²) in [7, 11) is 0. The van der Waals surface area contributed by atoms with Gasteiger partial charge in [-0.05, 0) is 105 Å². The van der Waals surface area contributed by atoms with Gasteiger partial charge in [0, 0.05) is 37.5 Å². The van der Waals surface area contributed by atoms with E-state index in [0.717, 1.165) is 52.1 Å². The molecule has 0 bridgehead atoms. The number of nitrogens with two attached hydrogens (primary N) is 1. The Hall–Kier alpha value is -6.19. The van der Waals surface area contributed by atoms with Crippen molar-refractivity contribution in [2.75, 3.05) is 25.0 Å². The van der Waals surface area contributed by atoms with Crippen molar-refractivity contribution in [3.05, 3.63) is 81.7 Å². The third-order valence-corrected chi connectivity index (χ3v) is 15.8. The van der Waals surface area contributed by atoms with Crippen molar-refractivity contribution in [1.82, 2.24) is 35.6 Å². The highest BCUT2D eigenvalue weighted by molar-refractivity contribution is 7.13. The molecule has 1 saturated heterocycles. The normalized spacial score (nSPS) is 20.2. The number of aliphatic hydroxyl groups is 1. The minimum Gasteiger partial charge on any atom is -0.461 e. The van der Waals surface area contributed by atoms with Crippen molar-refractivity contribution in [2.45, 2.75) is 174 Å². The van der Waals surface area contributed by atoms with E-state index in [4.69, 9.17) is 10.5 Å². The molecule has 0 radical (unpaired) electrons. The number of benzene rings is 2. The first kappa shape index (κ1) is 58.5. The quantitative estimate of drug-likeness (QED) is 0.0342. The predicted octanol–water partition coefficient (Wildman–Crippen LogP) is 8.14. The van der Waals surface area contributed by atoms with Crippen LogP contribution in [0.2, 0.25) is 0 Å². The van der Waals surface area contributed by atoms with E-state index in [9.17, 15) is 47.0 Å². The number of hydrogen-bond donors (Lipinski definition) is 6. The van der Waals surface area contributed by atoms with Crippen LogP contribution in [-0.4, -0.2) is 110 Å². The molecule has 7 rings (SSSR count). The third-order valence-electron chi connectivity index (χ3n) is 14.8. The number of hydrogen-bond acceptors (Lipinski definition) is 13. The molecule has 2 fully saturated rings. The van der Waals surface area contributed by atoms with Gasteiger partial charge in [0.1, 0.15) is 18.7 Å². The highest BCUT2D eigenvalue weighted by Gasteiger charge is 2.46. The summed E-state index contributed by atoms with van der Waals surface area (Å²) in [4.78, 5) is 85.5. The number of alkyl halides is 3. The second-order valence-corrected chi connectivity index (χ2v) is 23.6. The lowest BCUT2D eigenvalue weighted by atomic mass is 9.75. The number of likely N-dealkylation sites (tertiary alicyclic amines) is 1. The molecule has 4 atom stereocenters. The molecule has 77 heavy (non-hydrogen) atoms. The van der Waals surface area contributed by atoms with E-state index in [2.05, 4.69) is 31.3 Å². The Labute approximate surface area is 452 Å². The molecule has 21 heteroatoms. The number of anilines is 1. The molecule has 17 nitrogen and oxygen atoms in total. The summed E-state index contributed by atoms with van der Waals surface area (Å²) in [6.45, 7) is 13.8. The number of aliphatic hydroxyl groups excluding tert-OH is 1. The lowest BCUT2D eigenvalue weighted by Gasteiger charge is -2.35. The predicted molar refractivity (Wildman–Crippen MR) is 286 cm³/mol. The van der Waals surface area contributed by atoms with Gasteiger partial charge in [-0.15, -0.1) is 11.3 Å². The molecule has 4 amide bonds. The molecule has 3 aliphatic rings. The van der Waals surface area contributed by atoms with Crippen LogP contribution in [0.5, 0.6) is 0 Å². The fourth-order valence-electron chi connectivity index (χ4n) is 10.7. The molecule has 418 valence electrons. The van der Waals surface area contributed by atoms with E-state index < -0.39 is 70.2 Å². The zero-order chi connectivity index (χ0) is 56.0. The largest absolute Gasteiger partial charge is 0.461 e. The maximum absolute atomic E-state index is 14.1. The molecule has 3 heterocycles. The number of amides is 4. The maximum atomic E-state index is 14.1. The van der Waals surface area contributed by atoms with Gasteiger partial charge in [0.05, 0.1) is 56.8 Å².